The van der Waals surface area contributed by atoms with Gasteiger partial charge in [-0.15, -0.1) is 0 Å². The predicted octanol–water partition coefficient (Wildman–Crippen LogP) is 3.09. The summed E-state index contributed by atoms with van der Waals surface area (Å²) in [6.45, 7) is 0. The number of hydrogen-bond donors (Lipinski definition) is 1. The standard InChI is InChI=1S/C16H18O5/c1-18-13-8-6-11(15(20-3)16(13)21-4)10-5-7-12(17)14(9-10)19-2/h5-9,17H,1-4H3. The number of rotatable bonds is 5. The highest BCUT2D eigenvalue weighted by atomic mass is 16.5. The maximum absolute atomic E-state index is 9.69. The molecule has 0 aliphatic carbocycles. The van der Waals surface area contributed by atoms with Crippen molar-refractivity contribution in [2.24, 2.45) is 0 Å². The number of hydrogen-bond acceptors (Lipinski definition) is 5. The zero-order valence-electron chi connectivity index (χ0n) is 12.5. The first kappa shape index (κ1) is 14.8. The maximum Gasteiger partial charge on any atom is 0.203 e. The van der Waals surface area contributed by atoms with Crippen LogP contribution in [0.1, 0.15) is 0 Å². The zero-order chi connectivity index (χ0) is 15.4. The van der Waals surface area contributed by atoms with E-state index >= 15 is 0 Å². The van der Waals surface area contributed by atoms with Crippen molar-refractivity contribution >= 4 is 0 Å². The monoisotopic (exact) mass is 290 g/mol. The van der Waals surface area contributed by atoms with Crippen molar-refractivity contribution < 1.29 is 24.1 Å². The van der Waals surface area contributed by atoms with Crippen LogP contribution in [0.15, 0.2) is 30.3 Å². The highest BCUT2D eigenvalue weighted by Crippen LogP contribution is 2.45. The first-order valence-corrected chi connectivity index (χ1v) is 6.32. The summed E-state index contributed by atoms with van der Waals surface area (Å²) < 4.78 is 21.2. The molecule has 0 aromatic heterocycles. The molecule has 0 spiro atoms. The molecule has 21 heavy (non-hydrogen) atoms. The van der Waals surface area contributed by atoms with Gasteiger partial charge in [0.25, 0.3) is 0 Å². The number of benzene rings is 2. The molecule has 2 rings (SSSR count). The van der Waals surface area contributed by atoms with Gasteiger partial charge in [-0.25, -0.2) is 0 Å². The number of ether oxygens (including phenoxy) is 4. The number of methoxy groups -OCH3 is 4. The molecule has 5 nitrogen and oxygen atoms in total. The lowest BCUT2D eigenvalue weighted by Crippen LogP contribution is -1.97. The second-order valence-corrected chi connectivity index (χ2v) is 4.27. The Morgan fingerprint density at radius 3 is 1.95 bits per heavy atom. The molecule has 0 atom stereocenters. The summed E-state index contributed by atoms with van der Waals surface area (Å²) in [7, 11) is 6.20. The molecule has 1 N–H and O–H groups in total. The van der Waals surface area contributed by atoms with Gasteiger partial charge in [-0.2, -0.15) is 0 Å². The van der Waals surface area contributed by atoms with E-state index in [9.17, 15) is 5.11 Å². The molecule has 0 saturated carbocycles. The zero-order valence-corrected chi connectivity index (χ0v) is 12.5. The van der Waals surface area contributed by atoms with Crippen LogP contribution in [0.25, 0.3) is 11.1 Å². The van der Waals surface area contributed by atoms with Gasteiger partial charge in [0, 0.05) is 5.56 Å². The molecule has 2 aromatic carbocycles. The molecule has 5 heteroatoms. The highest BCUT2D eigenvalue weighted by molar-refractivity contribution is 5.77. The van der Waals surface area contributed by atoms with Crippen LogP contribution in [0.3, 0.4) is 0 Å². The molecule has 0 fully saturated rings. The number of aromatic hydroxyl groups is 1. The average Bonchev–Trinajstić information content (AvgIpc) is 2.53. The quantitative estimate of drug-likeness (QED) is 0.917. The van der Waals surface area contributed by atoms with E-state index in [0.717, 1.165) is 11.1 Å². The summed E-state index contributed by atoms with van der Waals surface area (Å²) in [4.78, 5) is 0. The van der Waals surface area contributed by atoms with E-state index in [2.05, 4.69) is 0 Å². The smallest absolute Gasteiger partial charge is 0.203 e. The normalized spacial score (nSPS) is 10.1. The first-order valence-electron chi connectivity index (χ1n) is 6.32. The van der Waals surface area contributed by atoms with Gasteiger partial charge < -0.3 is 24.1 Å². The lowest BCUT2D eigenvalue weighted by atomic mass is 10.0. The van der Waals surface area contributed by atoms with E-state index in [4.69, 9.17) is 18.9 Å². The third kappa shape index (κ3) is 2.67. The van der Waals surface area contributed by atoms with E-state index in [-0.39, 0.29) is 5.75 Å². The van der Waals surface area contributed by atoms with Crippen LogP contribution < -0.4 is 18.9 Å². The Kier molecular flexibility index (Phi) is 4.42. The largest absolute Gasteiger partial charge is 0.504 e. The molecule has 0 amide bonds. The summed E-state index contributed by atoms with van der Waals surface area (Å²) in [5.74, 6) is 2.14. The van der Waals surface area contributed by atoms with E-state index in [1.807, 2.05) is 6.07 Å². The van der Waals surface area contributed by atoms with Crippen molar-refractivity contribution in [3.8, 4) is 39.9 Å². The maximum atomic E-state index is 9.69. The van der Waals surface area contributed by atoms with Gasteiger partial charge in [-0.05, 0) is 29.8 Å². The van der Waals surface area contributed by atoms with Gasteiger partial charge in [0.15, 0.2) is 23.0 Å². The molecule has 0 aliphatic heterocycles. The molecule has 2 aromatic rings. The summed E-state index contributed by atoms with van der Waals surface area (Å²) in [5, 5.41) is 9.69. The summed E-state index contributed by atoms with van der Waals surface area (Å²) in [6.07, 6.45) is 0. The molecular weight excluding hydrogens is 272 g/mol. The van der Waals surface area contributed by atoms with Crippen LogP contribution >= 0.6 is 0 Å². The van der Waals surface area contributed by atoms with Crippen molar-refractivity contribution in [1.82, 2.24) is 0 Å². The van der Waals surface area contributed by atoms with Gasteiger partial charge in [-0.1, -0.05) is 6.07 Å². The van der Waals surface area contributed by atoms with Gasteiger partial charge in [0.05, 0.1) is 28.4 Å². The summed E-state index contributed by atoms with van der Waals surface area (Å²) in [6, 6.07) is 8.76. The Labute approximate surface area is 123 Å². The Bertz CT molecular complexity index is 637. The third-order valence-corrected chi connectivity index (χ3v) is 3.19. The van der Waals surface area contributed by atoms with Crippen LogP contribution in [-0.2, 0) is 0 Å². The van der Waals surface area contributed by atoms with Crippen molar-refractivity contribution in [2.75, 3.05) is 28.4 Å². The van der Waals surface area contributed by atoms with Gasteiger partial charge in [0.2, 0.25) is 5.75 Å². The fourth-order valence-corrected chi connectivity index (χ4v) is 2.17. The second kappa shape index (κ2) is 6.26. The average molecular weight is 290 g/mol. The minimum atomic E-state index is 0.0840. The van der Waals surface area contributed by atoms with Crippen LogP contribution in [0.5, 0.6) is 28.7 Å². The minimum absolute atomic E-state index is 0.0840. The molecule has 0 radical (unpaired) electrons. The van der Waals surface area contributed by atoms with Crippen molar-refractivity contribution in [2.45, 2.75) is 0 Å². The van der Waals surface area contributed by atoms with Crippen LogP contribution in [0.2, 0.25) is 0 Å². The van der Waals surface area contributed by atoms with Gasteiger partial charge in [-0.3, -0.25) is 0 Å². The Morgan fingerprint density at radius 2 is 1.38 bits per heavy atom. The van der Waals surface area contributed by atoms with Crippen molar-refractivity contribution in [1.29, 1.82) is 0 Å². The SMILES string of the molecule is COc1cc(-c2ccc(OC)c(OC)c2OC)ccc1O. The fourth-order valence-electron chi connectivity index (χ4n) is 2.17. The molecule has 0 aliphatic rings. The van der Waals surface area contributed by atoms with E-state index < -0.39 is 0 Å². The lowest BCUT2D eigenvalue weighted by Gasteiger charge is -2.16. The third-order valence-electron chi connectivity index (χ3n) is 3.19. The molecule has 0 bridgehead atoms. The molecule has 0 unspecified atom stereocenters. The van der Waals surface area contributed by atoms with Crippen LogP contribution in [-0.4, -0.2) is 33.5 Å². The molecule has 0 saturated heterocycles. The van der Waals surface area contributed by atoms with Crippen molar-refractivity contribution in [3.05, 3.63) is 30.3 Å². The Balaban J connectivity index is 2.63. The Hall–Kier alpha value is -2.56. The molecule has 0 heterocycles. The van der Waals surface area contributed by atoms with E-state index in [1.165, 1.54) is 7.11 Å². The van der Waals surface area contributed by atoms with Gasteiger partial charge in [0.1, 0.15) is 0 Å². The van der Waals surface area contributed by atoms with E-state index in [1.54, 1.807) is 45.6 Å². The highest BCUT2D eigenvalue weighted by Gasteiger charge is 2.17. The minimum Gasteiger partial charge on any atom is -0.504 e. The molecular formula is C16H18O5. The molecule has 112 valence electrons. The fraction of sp³-hybridized carbons (Fsp3) is 0.250. The number of phenols is 1. The van der Waals surface area contributed by atoms with Crippen LogP contribution in [0, 0.1) is 0 Å². The number of phenolic OH excluding ortho intramolecular Hbond substituents is 1. The Morgan fingerprint density at radius 1 is 0.714 bits per heavy atom. The second-order valence-electron chi connectivity index (χ2n) is 4.27. The topological polar surface area (TPSA) is 57.2 Å². The van der Waals surface area contributed by atoms with Crippen LogP contribution in [0.4, 0.5) is 0 Å². The summed E-state index contributed by atoms with van der Waals surface area (Å²) in [5.41, 5.74) is 1.65. The van der Waals surface area contributed by atoms with E-state index in [0.29, 0.717) is 23.0 Å². The summed E-state index contributed by atoms with van der Waals surface area (Å²) >= 11 is 0. The predicted molar refractivity (Wildman–Crippen MR) is 79.8 cm³/mol. The lowest BCUT2D eigenvalue weighted by molar-refractivity contribution is 0.325. The first-order chi connectivity index (χ1) is 10.2. The van der Waals surface area contributed by atoms with Crippen molar-refractivity contribution in [3.63, 3.8) is 0 Å². The van der Waals surface area contributed by atoms with Gasteiger partial charge >= 0.3 is 0 Å².